The molecule has 0 saturated heterocycles. The van der Waals surface area contributed by atoms with Crippen molar-refractivity contribution in [2.24, 2.45) is 0 Å². The Morgan fingerprint density at radius 1 is 1.04 bits per heavy atom. The van der Waals surface area contributed by atoms with Crippen LogP contribution in [0.2, 0.25) is 0 Å². The molecule has 3 rings (SSSR count). The number of pyridine rings is 1. The molecular formula is C20H31N5. The van der Waals surface area contributed by atoms with E-state index in [4.69, 9.17) is 0 Å². The lowest BCUT2D eigenvalue weighted by atomic mass is 9.96. The molecule has 136 valence electrons. The number of rotatable bonds is 8. The molecule has 0 amide bonds. The van der Waals surface area contributed by atoms with E-state index in [0.717, 1.165) is 26.2 Å². The minimum atomic E-state index is 0.607. The van der Waals surface area contributed by atoms with Crippen LogP contribution in [0, 0.1) is 0 Å². The van der Waals surface area contributed by atoms with Gasteiger partial charge in [-0.15, -0.1) is 0 Å². The summed E-state index contributed by atoms with van der Waals surface area (Å²) in [6.07, 6.45) is 14.8. The molecule has 1 saturated carbocycles. The van der Waals surface area contributed by atoms with Crippen molar-refractivity contribution in [1.82, 2.24) is 24.6 Å². The van der Waals surface area contributed by atoms with E-state index >= 15 is 0 Å². The van der Waals surface area contributed by atoms with Gasteiger partial charge in [-0.25, -0.2) is 0 Å². The van der Waals surface area contributed by atoms with Crippen LogP contribution in [0.15, 0.2) is 36.9 Å². The Morgan fingerprint density at radius 2 is 1.84 bits per heavy atom. The van der Waals surface area contributed by atoms with E-state index in [9.17, 15) is 0 Å². The fraction of sp³-hybridized carbons (Fsp3) is 0.600. The summed E-state index contributed by atoms with van der Waals surface area (Å²) in [5, 5.41) is 4.66. The van der Waals surface area contributed by atoms with Crippen molar-refractivity contribution in [1.29, 1.82) is 0 Å². The normalized spacial score (nSPS) is 16.0. The maximum Gasteiger partial charge on any atom is 0.0534 e. The second kappa shape index (κ2) is 9.11. The lowest BCUT2D eigenvalue weighted by Gasteiger charge is -2.24. The van der Waals surface area contributed by atoms with E-state index < -0.39 is 0 Å². The Bertz CT molecular complexity index is 616. The quantitative estimate of drug-likeness (QED) is 0.738. The first-order valence-corrected chi connectivity index (χ1v) is 9.50. The molecule has 25 heavy (non-hydrogen) atoms. The van der Waals surface area contributed by atoms with Gasteiger partial charge in [-0.3, -0.25) is 14.6 Å². The second-order valence-corrected chi connectivity index (χ2v) is 7.50. The average molecular weight is 342 g/mol. The van der Waals surface area contributed by atoms with Crippen LogP contribution in [0.1, 0.15) is 49.3 Å². The monoisotopic (exact) mass is 341 g/mol. The standard InChI is InChI=1S/C20H31N5/c1-23(2)11-12-24(15-18-7-6-10-21-13-18)16-19-14-22-25(17-19)20-8-4-3-5-9-20/h6-7,10,13-14,17,20H,3-5,8-9,11-12,15-16H2,1-2H3. The molecule has 1 fully saturated rings. The van der Waals surface area contributed by atoms with Gasteiger partial charge in [-0.2, -0.15) is 5.10 Å². The summed E-state index contributed by atoms with van der Waals surface area (Å²) < 4.78 is 2.21. The highest BCUT2D eigenvalue weighted by Gasteiger charge is 2.17. The van der Waals surface area contributed by atoms with Crippen LogP contribution in [0.3, 0.4) is 0 Å². The highest BCUT2D eigenvalue weighted by atomic mass is 15.3. The lowest BCUT2D eigenvalue weighted by Crippen LogP contribution is -2.31. The zero-order valence-electron chi connectivity index (χ0n) is 15.6. The predicted molar refractivity (Wildman–Crippen MR) is 101 cm³/mol. The van der Waals surface area contributed by atoms with E-state index in [-0.39, 0.29) is 0 Å². The number of nitrogens with zero attached hydrogens (tertiary/aromatic N) is 5. The van der Waals surface area contributed by atoms with Gasteiger partial charge in [0.25, 0.3) is 0 Å². The average Bonchev–Trinajstić information content (AvgIpc) is 3.10. The third kappa shape index (κ3) is 5.65. The highest BCUT2D eigenvalue weighted by molar-refractivity contribution is 5.10. The highest BCUT2D eigenvalue weighted by Crippen LogP contribution is 2.27. The molecule has 0 bridgehead atoms. The molecule has 1 aliphatic rings. The number of hydrogen-bond acceptors (Lipinski definition) is 4. The molecule has 2 aromatic heterocycles. The Labute approximate surface area is 151 Å². The van der Waals surface area contributed by atoms with Crippen LogP contribution < -0.4 is 0 Å². The van der Waals surface area contributed by atoms with Crippen LogP contribution in [0.4, 0.5) is 0 Å². The van der Waals surface area contributed by atoms with E-state index in [0.29, 0.717) is 6.04 Å². The maximum absolute atomic E-state index is 4.66. The minimum Gasteiger partial charge on any atom is -0.308 e. The number of hydrogen-bond donors (Lipinski definition) is 0. The molecule has 1 aliphatic carbocycles. The summed E-state index contributed by atoms with van der Waals surface area (Å²) in [7, 11) is 4.26. The molecule has 0 atom stereocenters. The Morgan fingerprint density at radius 3 is 2.56 bits per heavy atom. The van der Waals surface area contributed by atoms with Gasteiger partial charge in [0.15, 0.2) is 0 Å². The Kier molecular flexibility index (Phi) is 6.59. The molecule has 5 nitrogen and oxygen atoms in total. The molecule has 0 radical (unpaired) electrons. The molecule has 0 aromatic carbocycles. The van der Waals surface area contributed by atoms with Gasteiger partial charge in [0, 0.05) is 50.3 Å². The molecule has 2 heterocycles. The molecular weight excluding hydrogens is 310 g/mol. The van der Waals surface area contributed by atoms with E-state index in [2.05, 4.69) is 57.1 Å². The van der Waals surface area contributed by atoms with E-state index in [1.165, 1.54) is 43.2 Å². The van der Waals surface area contributed by atoms with E-state index in [1.807, 2.05) is 18.5 Å². The van der Waals surface area contributed by atoms with Gasteiger partial charge >= 0.3 is 0 Å². The number of aromatic nitrogens is 3. The Hall–Kier alpha value is -1.72. The van der Waals surface area contributed by atoms with Crippen LogP contribution in [-0.2, 0) is 13.1 Å². The summed E-state index contributed by atoms with van der Waals surface area (Å²) in [4.78, 5) is 8.97. The summed E-state index contributed by atoms with van der Waals surface area (Å²) >= 11 is 0. The first kappa shape index (κ1) is 18.1. The van der Waals surface area contributed by atoms with Gasteiger partial charge in [-0.05, 0) is 38.6 Å². The molecule has 0 N–H and O–H groups in total. The number of likely N-dealkylation sites (N-methyl/N-ethyl adjacent to an activating group) is 1. The molecule has 0 unspecified atom stereocenters. The van der Waals surface area contributed by atoms with Crippen molar-refractivity contribution in [3.05, 3.63) is 48.0 Å². The summed E-state index contributed by atoms with van der Waals surface area (Å²) in [6.45, 7) is 3.96. The van der Waals surface area contributed by atoms with Gasteiger partial charge in [0.05, 0.1) is 12.2 Å². The first-order chi connectivity index (χ1) is 12.2. The fourth-order valence-electron chi connectivity index (χ4n) is 3.57. The van der Waals surface area contributed by atoms with Gasteiger partial charge < -0.3 is 4.90 Å². The zero-order valence-corrected chi connectivity index (χ0v) is 15.6. The predicted octanol–water partition coefficient (Wildman–Crippen LogP) is 3.35. The van der Waals surface area contributed by atoms with Crippen LogP contribution in [-0.4, -0.2) is 51.7 Å². The largest absolute Gasteiger partial charge is 0.308 e. The minimum absolute atomic E-state index is 0.607. The third-order valence-electron chi connectivity index (χ3n) is 5.00. The van der Waals surface area contributed by atoms with Crippen molar-refractivity contribution in [3.8, 4) is 0 Å². The van der Waals surface area contributed by atoms with Gasteiger partial charge in [0.2, 0.25) is 0 Å². The smallest absolute Gasteiger partial charge is 0.0534 e. The second-order valence-electron chi connectivity index (χ2n) is 7.50. The van der Waals surface area contributed by atoms with Crippen LogP contribution >= 0.6 is 0 Å². The van der Waals surface area contributed by atoms with Crippen molar-refractivity contribution in [2.75, 3.05) is 27.2 Å². The summed E-state index contributed by atoms with van der Waals surface area (Å²) in [6, 6.07) is 4.78. The van der Waals surface area contributed by atoms with Crippen LogP contribution in [0.5, 0.6) is 0 Å². The summed E-state index contributed by atoms with van der Waals surface area (Å²) in [5.41, 5.74) is 2.58. The zero-order chi connectivity index (χ0) is 17.5. The van der Waals surface area contributed by atoms with Gasteiger partial charge in [-0.1, -0.05) is 25.3 Å². The first-order valence-electron chi connectivity index (χ1n) is 9.50. The fourth-order valence-corrected chi connectivity index (χ4v) is 3.57. The van der Waals surface area contributed by atoms with Crippen molar-refractivity contribution in [3.63, 3.8) is 0 Å². The molecule has 0 aliphatic heterocycles. The molecule has 2 aromatic rings. The lowest BCUT2D eigenvalue weighted by molar-refractivity contribution is 0.226. The van der Waals surface area contributed by atoms with Crippen molar-refractivity contribution < 1.29 is 0 Å². The third-order valence-corrected chi connectivity index (χ3v) is 5.00. The summed E-state index contributed by atoms with van der Waals surface area (Å²) in [5.74, 6) is 0. The van der Waals surface area contributed by atoms with E-state index in [1.54, 1.807) is 0 Å². The Balaban J connectivity index is 1.63. The van der Waals surface area contributed by atoms with Gasteiger partial charge in [0.1, 0.15) is 0 Å². The molecule has 0 spiro atoms. The van der Waals surface area contributed by atoms with Crippen molar-refractivity contribution >= 4 is 0 Å². The molecule has 5 heteroatoms. The topological polar surface area (TPSA) is 37.2 Å². The maximum atomic E-state index is 4.66. The van der Waals surface area contributed by atoms with Crippen molar-refractivity contribution in [2.45, 2.75) is 51.2 Å². The van der Waals surface area contributed by atoms with Crippen LogP contribution in [0.25, 0.3) is 0 Å². The SMILES string of the molecule is CN(C)CCN(Cc1cccnc1)Cc1cnn(C2CCCCC2)c1.